The number of halogens is 1. The van der Waals surface area contributed by atoms with Gasteiger partial charge in [-0.3, -0.25) is 4.79 Å². The van der Waals surface area contributed by atoms with Gasteiger partial charge in [0.1, 0.15) is 36.1 Å². The van der Waals surface area contributed by atoms with Crippen LogP contribution in [-0.2, 0) is 6.54 Å². The molecule has 0 fully saturated rings. The van der Waals surface area contributed by atoms with Crippen LogP contribution in [0.15, 0.2) is 30.9 Å². The van der Waals surface area contributed by atoms with Gasteiger partial charge in [-0.05, 0) is 19.1 Å². The van der Waals surface area contributed by atoms with Gasteiger partial charge in [-0.25, -0.2) is 19.3 Å². The first-order valence-corrected chi connectivity index (χ1v) is 8.18. The Hall–Kier alpha value is -3.23. The zero-order chi connectivity index (χ0) is 18.3. The number of rotatable bonds is 3. The maximum Gasteiger partial charge on any atom is 0.267 e. The average molecular weight is 356 g/mol. The number of carbonyl (C=O) groups excluding carboxylic acids is 1. The van der Waals surface area contributed by atoms with Gasteiger partial charge in [0.15, 0.2) is 0 Å². The van der Waals surface area contributed by atoms with Gasteiger partial charge in [0.2, 0.25) is 5.88 Å². The second kappa shape index (κ2) is 6.25. The molecule has 0 aromatic carbocycles. The number of carbonyl (C=O) groups is 1. The smallest absolute Gasteiger partial charge is 0.267 e. The lowest BCUT2D eigenvalue weighted by Crippen LogP contribution is -2.32. The van der Waals surface area contributed by atoms with E-state index in [2.05, 4.69) is 15.0 Å². The molecule has 3 aromatic heterocycles. The largest absolute Gasteiger partial charge is 0.475 e. The van der Waals surface area contributed by atoms with E-state index >= 15 is 0 Å². The number of fused-ring (bicyclic) bond motifs is 2. The van der Waals surface area contributed by atoms with Gasteiger partial charge in [0.05, 0.1) is 25.0 Å². The van der Waals surface area contributed by atoms with Gasteiger partial charge in [-0.1, -0.05) is 0 Å². The number of nitrogens with zero attached hydrogens (tertiary/aromatic N) is 5. The summed E-state index contributed by atoms with van der Waals surface area (Å²) in [5, 5.41) is 0.818. The summed E-state index contributed by atoms with van der Waals surface area (Å²) in [5.41, 5.74) is 7.27. The molecule has 26 heavy (non-hydrogen) atoms. The molecule has 0 saturated heterocycles. The molecule has 1 aliphatic rings. The van der Waals surface area contributed by atoms with Crippen LogP contribution in [0, 0.1) is 0 Å². The Balaban J connectivity index is 1.73. The molecular formula is C17H17FN6O2. The van der Waals surface area contributed by atoms with Crippen molar-refractivity contribution in [3.63, 3.8) is 0 Å². The summed E-state index contributed by atoms with van der Waals surface area (Å²) in [6.45, 7) is 2.32. The van der Waals surface area contributed by atoms with Crippen LogP contribution in [0.5, 0.6) is 5.88 Å². The van der Waals surface area contributed by atoms with Crippen molar-refractivity contribution in [3.8, 4) is 5.88 Å². The van der Waals surface area contributed by atoms with E-state index in [9.17, 15) is 9.18 Å². The van der Waals surface area contributed by atoms with Crippen molar-refractivity contribution in [3.05, 3.63) is 36.4 Å². The minimum Gasteiger partial charge on any atom is -0.475 e. The van der Waals surface area contributed by atoms with Gasteiger partial charge < -0.3 is 19.9 Å². The van der Waals surface area contributed by atoms with Crippen molar-refractivity contribution in [2.45, 2.75) is 19.6 Å². The molecule has 0 aliphatic carbocycles. The van der Waals surface area contributed by atoms with Crippen LogP contribution in [0.2, 0.25) is 0 Å². The fourth-order valence-corrected chi connectivity index (χ4v) is 3.04. The lowest BCUT2D eigenvalue weighted by atomic mass is 10.2. The molecule has 4 heterocycles. The number of aromatic nitrogens is 4. The average Bonchev–Trinajstić information content (AvgIpc) is 2.90. The van der Waals surface area contributed by atoms with Crippen molar-refractivity contribution in [2.24, 2.45) is 0 Å². The monoisotopic (exact) mass is 356 g/mol. The first kappa shape index (κ1) is 16.2. The third-order valence-corrected chi connectivity index (χ3v) is 4.20. The Morgan fingerprint density at radius 1 is 1.38 bits per heavy atom. The zero-order valence-corrected chi connectivity index (χ0v) is 14.1. The SMILES string of the molecule is CC(F)Cn1ccc2cc(N3CCOc4ncnc(N)c4C3=O)cnc21. The maximum absolute atomic E-state index is 13.3. The molecule has 9 heteroatoms. The Morgan fingerprint density at radius 3 is 3.04 bits per heavy atom. The molecule has 2 N–H and O–H groups in total. The van der Waals surface area contributed by atoms with Crippen LogP contribution in [0.3, 0.4) is 0 Å². The normalized spacial score (nSPS) is 15.5. The Bertz CT molecular complexity index is 987. The highest BCUT2D eigenvalue weighted by atomic mass is 19.1. The number of anilines is 2. The van der Waals surface area contributed by atoms with E-state index in [1.54, 1.807) is 17.0 Å². The summed E-state index contributed by atoms with van der Waals surface area (Å²) in [7, 11) is 0. The Kier molecular flexibility index (Phi) is 3.90. The van der Waals surface area contributed by atoms with Crippen LogP contribution in [-0.4, -0.2) is 44.7 Å². The lowest BCUT2D eigenvalue weighted by molar-refractivity contribution is 0.0990. The third-order valence-electron chi connectivity index (χ3n) is 4.20. The molecule has 0 saturated carbocycles. The van der Waals surface area contributed by atoms with E-state index in [1.165, 1.54) is 18.2 Å². The van der Waals surface area contributed by atoms with E-state index in [1.807, 2.05) is 12.1 Å². The van der Waals surface area contributed by atoms with Crippen molar-refractivity contribution < 1.29 is 13.9 Å². The minimum absolute atomic E-state index is 0.0732. The standard InChI is InChI=1S/C17H17FN6O2/c1-10(18)8-23-3-2-11-6-12(7-20-15(11)23)24-4-5-26-16-13(17(24)25)14(19)21-9-22-16/h2-3,6-7,9-10H,4-5,8H2,1H3,(H2,19,21,22). The first-order chi connectivity index (χ1) is 12.5. The molecule has 3 aromatic rings. The van der Waals surface area contributed by atoms with Crippen molar-refractivity contribution in [1.29, 1.82) is 0 Å². The molecule has 8 nitrogen and oxygen atoms in total. The van der Waals surface area contributed by atoms with Crippen LogP contribution in [0.1, 0.15) is 17.3 Å². The number of alkyl halides is 1. The molecule has 1 atom stereocenters. The van der Waals surface area contributed by atoms with Crippen LogP contribution >= 0.6 is 0 Å². The maximum atomic E-state index is 13.3. The molecular weight excluding hydrogens is 339 g/mol. The van der Waals surface area contributed by atoms with Crippen LogP contribution in [0.25, 0.3) is 11.0 Å². The van der Waals surface area contributed by atoms with Crippen LogP contribution < -0.4 is 15.4 Å². The lowest BCUT2D eigenvalue weighted by Gasteiger charge is -2.20. The van der Waals surface area contributed by atoms with Crippen molar-refractivity contribution in [1.82, 2.24) is 19.5 Å². The van der Waals surface area contributed by atoms with Gasteiger partial charge in [-0.2, -0.15) is 0 Å². The second-order valence-electron chi connectivity index (χ2n) is 6.10. The number of pyridine rings is 1. The highest BCUT2D eigenvalue weighted by Gasteiger charge is 2.29. The van der Waals surface area contributed by atoms with E-state index < -0.39 is 6.17 Å². The number of nitrogens with two attached hydrogens (primary N) is 1. The quantitative estimate of drug-likeness (QED) is 0.768. The molecule has 0 radical (unpaired) electrons. The molecule has 134 valence electrons. The van der Waals surface area contributed by atoms with Gasteiger partial charge >= 0.3 is 0 Å². The fourth-order valence-electron chi connectivity index (χ4n) is 3.04. The zero-order valence-electron chi connectivity index (χ0n) is 14.1. The number of hydrogen-bond donors (Lipinski definition) is 1. The molecule has 1 aliphatic heterocycles. The van der Waals surface area contributed by atoms with E-state index in [-0.39, 0.29) is 36.3 Å². The summed E-state index contributed by atoms with van der Waals surface area (Å²) in [6.07, 6.45) is 3.66. The summed E-state index contributed by atoms with van der Waals surface area (Å²) >= 11 is 0. The predicted molar refractivity (Wildman–Crippen MR) is 93.9 cm³/mol. The number of hydrogen-bond acceptors (Lipinski definition) is 6. The predicted octanol–water partition coefficient (Wildman–Crippen LogP) is 1.81. The third kappa shape index (κ3) is 2.71. The van der Waals surface area contributed by atoms with E-state index in [0.29, 0.717) is 17.9 Å². The first-order valence-electron chi connectivity index (χ1n) is 8.18. The second-order valence-corrected chi connectivity index (χ2v) is 6.10. The van der Waals surface area contributed by atoms with E-state index in [0.717, 1.165) is 5.39 Å². The summed E-state index contributed by atoms with van der Waals surface area (Å²) in [4.78, 5) is 26.8. The van der Waals surface area contributed by atoms with Gasteiger partial charge in [-0.15, -0.1) is 0 Å². The van der Waals surface area contributed by atoms with Crippen molar-refractivity contribution in [2.75, 3.05) is 23.8 Å². The highest BCUT2D eigenvalue weighted by Crippen LogP contribution is 2.28. The fraction of sp³-hybridized carbons (Fsp3) is 0.294. The number of amides is 1. The van der Waals surface area contributed by atoms with Crippen molar-refractivity contribution >= 4 is 28.4 Å². The minimum atomic E-state index is -0.976. The topological polar surface area (TPSA) is 99.2 Å². The summed E-state index contributed by atoms with van der Waals surface area (Å²) in [5.74, 6) is -0.0836. The van der Waals surface area contributed by atoms with Gasteiger partial charge in [0, 0.05) is 11.6 Å². The van der Waals surface area contributed by atoms with E-state index in [4.69, 9.17) is 10.5 Å². The molecule has 0 spiro atoms. The highest BCUT2D eigenvalue weighted by molar-refractivity contribution is 6.11. The molecule has 0 bridgehead atoms. The Morgan fingerprint density at radius 2 is 2.23 bits per heavy atom. The molecule has 1 unspecified atom stereocenters. The number of nitrogen functional groups attached to an aromatic ring is 1. The van der Waals surface area contributed by atoms with Crippen LogP contribution in [0.4, 0.5) is 15.9 Å². The molecule has 4 rings (SSSR count). The number of ether oxygens (including phenoxy) is 1. The molecule has 1 amide bonds. The summed E-state index contributed by atoms with van der Waals surface area (Å²) in [6, 6.07) is 3.68. The summed E-state index contributed by atoms with van der Waals surface area (Å²) < 4.78 is 20.6. The van der Waals surface area contributed by atoms with Gasteiger partial charge in [0.25, 0.3) is 5.91 Å². The Labute approximate surface area is 148 Å².